The van der Waals surface area contributed by atoms with Crippen LogP contribution in [0.4, 0.5) is 0 Å². The van der Waals surface area contributed by atoms with Gasteiger partial charge in [0.05, 0.1) is 6.61 Å². The molecule has 0 atom stereocenters. The summed E-state index contributed by atoms with van der Waals surface area (Å²) in [5, 5.41) is 11.2. The number of halogens is 2. The van der Waals surface area contributed by atoms with Gasteiger partial charge in [-0.1, -0.05) is 17.7 Å². The lowest BCUT2D eigenvalue weighted by Gasteiger charge is -2.13. The number of hydrogen-bond donors (Lipinski definition) is 1. The van der Waals surface area contributed by atoms with Gasteiger partial charge in [0.1, 0.15) is 0 Å². The molecule has 1 aliphatic heterocycles. The van der Waals surface area contributed by atoms with E-state index in [0.29, 0.717) is 0 Å². The first-order chi connectivity index (χ1) is 9.20. The maximum absolute atomic E-state index is 8.97. The second kappa shape index (κ2) is 6.46. The van der Waals surface area contributed by atoms with Crippen LogP contribution in [0.5, 0.6) is 0 Å². The summed E-state index contributed by atoms with van der Waals surface area (Å²) in [6.45, 7) is 2.05. The Hall–Kier alpha value is -0.580. The van der Waals surface area contributed by atoms with Gasteiger partial charge in [-0.15, -0.1) is 23.7 Å². The molecule has 0 aliphatic carbocycles. The fraction of sp³-hybridized carbons (Fsp3) is 0.333. The summed E-state index contributed by atoms with van der Waals surface area (Å²) >= 11 is 8.15. The summed E-state index contributed by atoms with van der Waals surface area (Å²) in [7, 11) is 2.14. The van der Waals surface area contributed by atoms with Crippen LogP contribution >= 0.6 is 35.3 Å². The molecule has 0 spiro atoms. The van der Waals surface area contributed by atoms with E-state index >= 15 is 0 Å². The van der Waals surface area contributed by atoms with Gasteiger partial charge in [0.25, 0.3) is 0 Å². The van der Waals surface area contributed by atoms with E-state index in [1.165, 1.54) is 26.1 Å². The van der Waals surface area contributed by atoms with Crippen LogP contribution in [0.3, 0.4) is 0 Å². The fourth-order valence-corrected chi connectivity index (χ4v) is 4.09. The van der Waals surface area contributed by atoms with Crippen molar-refractivity contribution >= 4 is 51.5 Å². The summed E-state index contributed by atoms with van der Waals surface area (Å²) in [5.41, 5.74) is 2.63. The Morgan fingerprint density at radius 2 is 2.20 bits per heavy atom. The molecule has 0 fully saturated rings. The van der Waals surface area contributed by atoms with E-state index in [1.807, 2.05) is 12.1 Å². The van der Waals surface area contributed by atoms with Gasteiger partial charge < -0.3 is 10.0 Å². The van der Waals surface area contributed by atoms with Crippen molar-refractivity contribution < 1.29 is 5.11 Å². The van der Waals surface area contributed by atoms with Crippen LogP contribution in [0.1, 0.15) is 16.0 Å². The third kappa shape index (κ3) is 2.74. The first-order valence-electron chi connectivity index (χ1n) is 6.39. The molecule has 0 saturated heterocycles. The van der Waals surface area contributed by atoms with Crippen molar-refractivity contribution in [3.05, 3.63) is 39.2 Å². The van der Waals surface area contributed by atoms with Crippen molar-refractivity contribution in [3.63, 3.8) is 0 Å². The van der Waals surface area contributed by atoms with Crippen molar-refractivity contribution in [1.82, 2.24) is 4.90 Å². The van der Waals surface area contributed by atoms with Gasteiger partial charge in [-0.05, 0) is 42.8 Å². The number of nitrogens with zero attached hydrogens (tertiary/aromatic N) is 1. The Morgan fingerprint density at radius 3 is 2.95 bits per heavy atom. The molecule has 1 aromatic carbocycles. The lowest BCUT2D eigenvalue weighted by molar-refractivity contribution is 0.337. The zero-order valence-electron chi connectivity index (χ0n) is 11.2. The molecule has 0 amide bonds. The van der Waals surface area contributed by atoms with Gasteiger partial charge >= 0.3 is 0 Å². The summed E-state index contributed by atoms with van der Waals surface area (Å²) < 4.78 is 1.29. The predicted molar refractivity (Wildman–Crippen MR) is 90.2 cm³/mol. The van der Waals surface area contributed by atoms with Crippen molar-refractivity contribution in [3.8, 4) is 0 Å². The maximum Gasteiger partial charge on any atom is 0.0615 e. The Bertz CT molecular complexity index is 651. The second-order valence-corrected chi connectivity index (χ2v) is 6.41. The molecule has 0 saturated carbocycles. The monoisotopic (exact) mass is 329 g/mol. The van der Waals surface area contributed by atoms with Crippen LogP contribution < -0.4 is 0 Å². The molecule has 0 bridgehead atoms. The SMILES string of the molecule is CN1CCc2c(Cl)ccc3sc(/C=C/CO)c(c23)C1.Cl. The van der Waals surface area contributed by atoms with E-state index < -0.39 is 0 Å². The van der Waals surface area contributed by atoms with Crippen LogP contribution in [-0.4, -0.2) is 30.2 Å². The number of aliphatic hydroxyl groups is 1. The summed E-state index contributed by atoms with van der Waals surface area (Å²) in [5.74, 6) is 0. The molecule has 1 N–H and O–H groups in total. The quantitative estimate of drug-likeness (QED) is 0.901. The third-order valence-corrected chi connectivity index (χ3v) is 5.10. The van der Waals surface area contributed by atoms with Crippen LogP contribution in [0.15, 0.2) is 18.2 Å². The molecule has 20 heavy (non-hydrogen) atoms. The Kier molecular flexibility index (Phi) is 5.10. The van der Waals surface area contributed by atoms with Gasteiger partial charge in [-0.2, -0.15) is 0 Å². The highest BCUT2D eigenvalue weighted by atomic mass is 35.5. The largest absolute Gasteiger partial charge is 0.392 e. The minimum Gasteiger partial charge on any atom is -0.392 e. The van der Waals surface area contributed by atoms with E-state index in [-0.39, 0.29) is 19.0 Å². The normalized spacial score (nSPS) is 15.6. The molecule has 108 valence electrons. The molecular weight excluding hydrogens is 313 g/mol. The molecule has 2 nitrogen and oxygen atoms in total. The molecule has 0 unspecified atom stereocenters. The maximum atomic E-state index is 8.97. The number of rotatable bonds is 2. The average Bonchev–Trinajstić information content (AvgIpc) is 2.62. The van der Waals surface area contributed by atoms with E-state index in [1.54, 1.807) is 17.4 Å². The predicted octanol–water partition coefficient (Wildman–Crippen LogP) is 3.97. The number of aliphatic hydroxyl groups excluding tert-OH is 1. The topological polar surface area (TPSA) is 23.5 Å². The molecule has 3 rings (SSSR count). The zero-order valence-corrected chi connectivity index (χ0v) is 13.6. The summed E-state index contributed by atoms with van der Waals surface area (Å²) in [4.78, 5) is 3.56. The summed E-state index contributed by atoms with van der Waals surface area (Å²) in [6, 6.07) is 4.11. The van der Waals surface area contributed by atoms with Crippen LogP contribution in [0.25, 0.3) is 16.2 Å². The van der Waals surface area contributed by atoms with E-state index in [0.717, 1.165) is 24.5 Å². The highest BCUT2D eigenvalue weighted by molar-refractivity contribution is 7.20. The van der Waals surface area contributed by atoms with Crippen molar-refractivity contribution in [1.29, 1.82) is 0 Å². The van der Waals surface area contributed by atoms with Crippen molar-refractivity contribution in [2.24, 2.45) is 0 Å². The first-order valence-corrected chi connectivity index (χ1v) is 7.59. The Balaban J connectivity index is 0.00000147. The van der Waals surface area contributed by atoms with E-state index in [9.17, 15) is 0 Å². The molecule has 2 heterocycles. The number of likely N-dealkylation sites (N-methyl/N-ethyl adjacent to an activating group) is 1. The molecule has 1 aromatic heterocycles. The zero-order chi connectivity index (χ0) is 13.4. The van der Waals surface area contributed by atoms with Gasteiger partial charge in [0.2, 0.25) is 0 Å². The standard InChI is InChI=1S/C15H16ClNOS.ClH/c1-17-7-6-10-12(16)4-5-14-15(10)11(9-17)13(19-14)3-2-8-18;/h2-5,18H,6-9H2,1H3;1H/b3-2+;. The Labute approximate surface area is 134 Å². The lowest BCUT2D eigenvalue weighted by atomic mass is 10.0. The van der Waals surface area contributed by atoms with E-state index in [2.05, 4.69) is 18.0 Å². The third-order valence-electron chi connectivity index (χ3n) is 3.58. The lowest BCUT2D eigenvalue weighted by Crippen LogP contribution is -2.18. The second-order valence-electron chi connectivity index (χ2n) is 4.92. The Morgan fingerprint density at radius 1 is 1.40 bits per heavy atom. The van der Waals surface area contributed by atoms with Gasteiger partial charge in [-0.3, -0.25) is 0 Å². The van der Waals surface area contributed by atoms with Crippen LogP contribution in [-0.2, 0) is 13.0 Å². The average molecular weight is 330 g/mol. The van der Waals surface area contributed by atoms with E-state index in [4.69, 9.17) is 16.7 Å². The smallest absolute Gasteiger partial charge is 0.0615 e. The molecule has 5 heteroatoms. The fourth-order valence-electron chi connectivity index (χ4n) is 2.67. The van der Waals surface area contributed by atoms with Crippen molar-refractivity contribution in [2.45, 2.75) is 13.0 Å². The minimum atomic E-state index is 0. The first kappa shape index (κ1) is 15.8. The number of thiophene rings is 1. The number of benzene rings is 1. The highest BCUT2D eigenvalue weighted by Gasteiger charge is 2.20. The summed E-state index contributed by atoms with van der Waals surface area (Å²) in [6.07, 6.45) is 4.82. The molecule has 1 aliphatic rings. The highest BCUT2D eigenvalue weighted by Crippen LogP contribution is 2.39. The molecule has 0 radical (unpaired) electrons. The van der Waals surface area contributed by atoms with Crippen LogP contribution in [0.2, 0.25) is 5.02 Å². The van der Waals surface area contributed by atoms with Crippen molar-refractivity contribution in [2.75, 3.05) is 20.2 Å². The van der Waals surface area contributed by atoms with Gasteiger partial charge in [0, 0.05) is 33.1 Å². The van der Waals surface area contributed by atoms with Gasteiger partial charge in [0.15, 0.2) is 0 Å². The minimum absolute atomic E-state index is 0. The van der Waals surface area contributed by atoms with Gasteiger partial charge in [-0.25, -0.2) is 0 Å². The van der Waals surface area contributed by atoms with Crippen LogP contribution in [0, 0.1) is 0 Å². The molecular formula is C15H17Cl2NOS. The number of hydrogen-bond acceptors (Lipinski definition) is 3. The molecule has 2 aromatic rings.